The summed E-state index contributed by atoms with van der Waals surface area (Å²) in [4.78, 5) is 19.9. The number of hydrogen-bond donors (Lipinski definition) is 1. The van der Waals surface area contributed by atoms with Gasteiger partial charge in [0.1, 0.15) is 15.0 Å². The smallest absolute Gasteiger partial charge is 0.230 e. The fraction of sp³-hybridized carbons (Fsp3) is 0.0833. The Morgan fingerprint density at radius 3 is 2.84 bits per heavy atom. The molecule has 0 saturated heterocycles. The molecule has 0 bridgehead atoms. The number of aromatic nitrogens is 2. The van der Waals surface area contributed by atoms with Gasteiger partial charge in [0.05, 0.1) is 12.6 Å². The van der Waals surface area contributed by atoms with Gasteiger partial charge in [0, 0.05) is 0 Å². The molecule has 19 heavy (non-hydrogen) atoms. The van der Waals surface area contributed by atoms with E-state index in [4.69, 9.17) is 0 Å². The zero-order chi connectivity index (χ0) is 13.8. The molecule has 1 aromatic carbocycles. The van der Waals surface area contributed by atoms with Crippen LogP contribution in [-0.4, -0.2) is 15.9 Å². The molecule has 0 aliphatic heterocycles. The monoisotopic (exact) mass is 387 g/mol. The standard InChI is InChI=1S/C12H8Br2FN3O/c13-9-6-16-12(11(14)17-9)18-10(19)5-7-2-1-3-8(15)4-7/h1-4,6H,5H2,(H,16,18,19). The first kappa shape index (κ1) is 14.1. The Labute approximate surface area is 125 Å². The van der Waals surface area contributed by atoms with Crippen LogP contribution in [-0.2, 0) is 11.2 Å². The number of hydrogen-bond acceptors (Lipinski definition) is 3. The van der Waals surface area contributed by atoms with Gasteiger partial charge >= 0.3 is 0 Å². The van der Waals surface area contributed by atoms with Crippen LogP contribution in [0.5, 0.6) is 0 Å². The highest BCUT2D eigenvalue weighted by molar-refractivity contribution is 9.11. The SMILES string of the molecule is O=C(Cc1cccc(F)c1)Nc1ncc(Br)nc1Br. The van der Waals surface area contributed by atoms with Crippen LogP contribution < -0.4 is 5.32 Å². The van der Waals surface area contributed by atoms with E-state index in [1.165, 1.54) is 18.3 Å². The molecule has 1 amide bonds. The number of benzene rings is 1. The van der Waals surface area contributed by atoms with Crippen LogP contribution in [0.4, 0.5) is 10.2 Å². The van der Waals surface area contributed by atoms with Gasteiger partial charge in [0.2, 0.25) is 5.91 Å². The summed E-state index contributed by atoms with van der Waals surface area (Å²) < 4.78 is 14.0. The lowest BCUT2D eigenvalue weighted by Crippen LogP contribution is -2.16. The van der Waals surface area contributed by atoms with E-state index in [0.29, 0.717) is 20.6 Å². The summed E-state index contributed by atoms with van der Waals surface area (Å²) >= 11 is 6.36. The minimum Gasteiger partial charge on any atom is -0.308 e. The Kier molecular flexibility index (Phi) is 4.60. The molecular weight excluding hydrogens is 381 g/mol. The minimum atomic E-state index is -0.366. The number of carbonyl (C=O) groups is 1. The van der Waals surface area contributed by atoms with Gasteiger partial charge in [-0.25, -0.2) is 14.4 Å². The van der Waals surface area contributed by atoms with Crippen molar-refractivity contribution < 1.29 is 9.18 Å². The van der Waals surface area contributed by atoms with E-state index in [9.17, 15) is 9.18 Å². The van der Waals surface area contributed by atoms with Crippen molar-refractivity contribution in [3.8, 4) is 0 Å². The Hall–Kier alpha value is -1.34. The number of nitrogens with one attached hydrogen (secondary N) is 1. The lowest BCUT2D eigenvalue weighted by atomic mass is 10.1. The first-order chi connectivity index (χ1) is 9.04. The van der Waals surface area contributed by atoms with Crippen molar-refractivity contribution in [3.05, 3.63) is 51.0 Å². The van der Waals surface area contributed by atoms with E-state index in [1.807, 2.05) is 0 Å². The summed E-state index contributed by atoms with van der Waals surface area (Å²) in [5.41, 5.74) is 0.596. The number of anilines is 1. The maximum Gasteiger partial charge on any atom is 0.230 e. The maximum absolute atomic E-state index is 13.0. The molecule has 0 spiro atoms. The highest BCUT2D eigenvalue weighted by atomic mass is 79.9. The van der Waals surface area contributed by atoms with Gasteiger partial charge in [0.15, 0.2) is 5.82 Å². The van der Waals surface area contributed by atoms with E-state index in [2.05, 4.69) is 47.1 Å². The molecule has 4 nitrogen and oxygen atoms in total. The summed E-state index contributed by atoms with van der Waals surface area (Å²) in [5.74, 6) is -0.331. The quantitative estimate of drug-likeness (QED) is 0.877. The fourth-order valence-electron chi connectivity index (χ4n) is 1.44. The highest BCUT2D eigenvalue weighted by Gasteiger charge is 2.09. The van der Waals surface area contributed by atoms with Crippen LogP contribution in [0.1, 0.15) is 5.56 Å². The summed E-state index contributed by atoms with van der Waals surface area (Å²) in [6, 6.07) is 5.90. The Morgan fingerprint density at radius 2 is 2.16 bits per heavy atom. The number of nitrogens with zero attached hydrogens (tertiary/aromatic N) is 2. The summed E-state index contributed by atoms with van der Waals surface area (Å²) in [6.07, 6.45) is 1.55. The molecule has 2 rings (SSSR count). The molecule has 2 aromatic rings. The van der Waals surface area contributed by atoms with Crippen LogP contribution >= 0.6 is 31.9 Å². The Bertz CT molecular complexity index is 622. The maximum atomic E-state index is 13.0. The number of rotatable bonds is 3. The number of carbonyl (C=O) groups excluding carboxylic acids is 1. The Balaban J connectivity index is 2.05. The third-order valence-corrected chi connectivity index (χ3v) is 3.15. The van der Waals surface area contributed by atoms with Gasteiger partial charge in [0.25, 0.3) is 0 Å². The first-order valence-corrected chi connectivity index (χ1v) is 6.85. The third kappa shape index (κ3) is 4.07. The summed E-state index contributed by atoms with van der Waals surface area (Å²) in [6.45, 7) is 0. The van der Waals surface area contributed by atoms with Gasteiger partial charge < -0.3 is 5.32 Å². The van der Waals surface area contributed by atoms with Gasteiger partial charge in [-0.1, -0.05) is 12.1 Å². The van der Waals surface area contributed by atoms with Crippen LogP contribution in [0.15, 0.2) is 39.7 Å². The van der Waals surface area contributed by atoms with E-state index < -0.39 is 0 Å². The molecule has 0 saturated carbocycles. The summed E-state index contributed by atoms with van der Waals surface area (Å²) in [7, 11) is 0. The zero-order valence-corrected chi connectivity index (χ0v) is 12.7. The molecule has 0 unspecified atom stereocenters. The van der Waals surface area contributed by atoms with E-state index in [-0.39, 0.29) is 18.1 Å². The number of amides is 1. The van der Waals surface area contributed by atoms with Gasteiger partial charge in [-0.3, -0.25) is 4.79 Å². The lowest BCUT2D eigenvalue weighted by Gasteiger charge is -2.06. The van der Waals surface area contributed by atoms with E-state index in [1.54, 1.807) is 12.1 Å². The molecule has 0 aliphatic rings. The molecule has 98 valence electrons. The first-order valence-electron chi connectivity index (χ1n) is 5.27. The molecule has 0 radical (unpaired) electrons. The Morgan fingerprint density at radius 1 is 1.37 bits per heavy atom. The molecule has 0 aliphatic carbocycles. The second kappa shape index (κ2) is 6.21. The average Bonchev–Trinajstić information content (AvgIpc) is 2.33. The van der Waals surface area contributed by atoms with E-state index in [0.717, 1.165) is 0 Å². The van der Waals surface area contributed by atoms with Crippen molar-refractivity contribution in [2.45, 2.75) is 6.42 Å². The molecule has 1 aromatic heterocycles. The second-order valence-corrected chi connectivity index (χ2v) is 5.25. The molecule has 7 heteroatoms. The largest absolute Gasteiger partial charge is 0.308 e. The average molecular weight is 389 g/mol. The normalized spacial score (nSPS) is 10.3. The zero-order valence-electron chi connectivity index (χ0n) is 9.53. The van der Waals surface area contributed by atoms with Crippen molar-refractivity contribution in [2.75, 3.05) is 5.32 Å². The molecule has 1 heterocycles. The third-order valence-electron chi connectivity index (χ3n) is 2.21. The van der Waals surface area contributed by atoms with Crippen molar-refractivity contribution >= 4 is 43.6 Å². The van der Waals surface area contributed by atoms with Crippen LogP contribution in [0.2, 0.25) is 0 Å². The number of halogens is 3. The molecule has 0 fully saturated rings. The minimum absolute atomic E-state index is 0.0714. The predicted octanol–water partition coefficient (Wildman–Crippen LogP) is 3.32. The fourth-order valence-corrected chi connectivity index (χ4v) is 2.35. The van der Waals surface area contributed by atoms with Crippen molar-refractivity contribution in [1.29, 1.82) is 0 Å². The predicted molar refractivity (Wildman–Crippen MR) is 76.2 cm³/mol. The second-order valence-electron chi connectivity index (χ2n) is 3.69. The van der Waals surface area contributed by atoms with Crippen molar-refractivity contribution in [2.24, 2.45) is 0 Å². The van der Waals surface area contributed by atoms with Crippen LogP contribution in [0, 0.1) is 5.82 Å². The molecule has 1 N–H and O–H groups in total. The summed E-state index contributed by atoms with van der Waals surface area (Å²) in [5, 5.41) is 2.60. The van der Waals surface area contributed by atoms with Crippen molar-refractivity contribution in [1.82, 2.24) is 9.97 Å². The van der Waals surface area contributed by atoms with Crippen molar-refractivity contribution in [3.63, 3.8) is 0 Å². The lowest BCUT2D eigenvalue weighted by molar-refractivity contribution is -0.115. The van der Waals surface area contributed by atoms with Crippen LogP contribution in [0.3, 0.4) is 0 Å². The highest BCUT2D eigenvalue weighted by Crippen LogP contribution is 2.19. The molecule has 0 atom stereocenters. The van der Waals surface area contributed by atoms with Crippen LogP contribution in [0.25, 0.3) is 0 Å². The molecular formula is C12H8Br2FN3O. The van der Waals surface area contributed by atoms with Gasteiger partial charge in [-0.2, -0.15) is 0 Å². The van der Waals surface area contributed by atoms with Gasteiger partial charge in [-0.15, -0.1) is 0 Å². The topological polar surface area (TPSA) is 54.9 Å². The van der Waals surface area contributed by atoms with E-state index >= 15 is 0 Å². The van der Waals surface area contributed by atoms with Gasteiger partial charge in [-0.05, 0) is 49.6 Å².